The molecule has 0 aromatic heterocycles. The van der Waals surface area contributed by atoms with E-state index in [0.29, 0.717) is 11.1 Å². The number of nitrogens with zero attached hydrogens (tertiary/aromatic N) is 1. The van der Waals surface area contributed by atoms with Crippen LogP contribution in [0.4, 0.5) is 0 Å². The number of rotatable bonds is 8. The number of carbonyl (C=O) groups excluding carboxylic acids is 1. The van der Waals surface area contributed by atoms with Crippen molar-refractivity contribution in [1.29, 1.82) is 0 Å². The van der Waals surface area contributed by atoms with Crippen molar-refractivity contribution >= 4 is 11.9 Å². The number of amides is 1. The van der Waals surface area contributed by atoms with E-state index in [4.69, 9.17) is 9.47 Å². The van der Waals surface area contributed by atoms with Crippen LogP contribution in [0.3, 0.4) is 0 Å². The van der Waals surface area contributed by atoms with Crippen LogP contribution in [0.5, 0.6) is 11.5 Å². The zero-order valence-corrected chi connectivity index (χ0v) is 20.6. The van der Waals surface area contributed by atoms with Gasteiger partial charge < -0.3 is 24.6 Å². The third-order valence-electron chi connectivity index (χ3n) is 7.20. The van der Waals surface area contributed by atoms with Crippen LogP contribution in [0, 0.1) is 0 Å². The molecule has 1 fully saturated rings. The van der Waals surface area contributed by atoms with Crippen molar-refractivity contribution in [2.45, 2.75) is 63.5 Å². The average Bonchev–Trinajstić information content (AvgIpc) is 3.44. The molecule has 3 aromatic carbocycles. The third-order valence-corrected chi connectivity index (χ3v) is 7.20. The van der Waals surface area contributed by atoms with Crippen molar-refractivity contribution in [2.75, 3.05) is 0 Å². The molecule has 1 amide bonds. The van der Waals surface area contributed by atoms with Crippen LogP contribution in [-0.2, 0) is 33.9 Å². The predicted octanol–water partition coefficient (Wildman–Crippen LogP) is 5.01. The van der Waals surface area contributed by atoms with E-state index < -0.39 is 18.1 Å². The number of ether oxygens (including phenoxy) is 2. The summed E-state index contributed by atoms with van der Waals surface area (Å²) in [5, 5.41) is 20.7. The molecule has 1 heterocycles. The highest BCUT2D eigenvalue weighted by molar-refractivity contribution is 5.88. The monoisotopic (exact) mass is 501 g/mol. The van der Waals surface area contributed by atoms with Gasteiger partial charge in [-0.05, 0) is 35.6 Å². The zero-order chi connectivity index (χ0) is 25.8. The first-order valence-electron chi connectivity index (χ1n) is 12.8. The first-order chi connectivity index (χ1) is 18.0. The Morgan fingerprint density at radius 1 is 0.946 bits per heavy atom. The largest absolute Gasteiger partial charge is 0.504 e. The molecule has 37 heavy (non-hydrogen) atoms. The Morgan fingerprint density at radius 3 is 2.30 bits per heavy atom. The van der Waals surface area contributed by atoms with Crippen molar-refractivity contribution < 1.29 is 29.3 Å². The van der Waals surface area contributed by atoms with Crippen LogP contribution in [0.15, 0.2) is 72.8 Å². The number of carboxylic acid groups (broad SMARTS) is 1. The zero-order valence-electron chi connectivity index (χ0n) is 20.6. The Labute approximate surface area is 216 Å². The van der Waals surface area contributed by atoms with Crippen molar-refractivity contribution in [3.63, 3.8) is 0 Å². The Hall–Kier alpha value is -3.84. The quantitative estimate of drug-likeness (QED) is 0.451. The Balaban J connectivity index is 1.44. The van der Waals surface area contributed by atoms with Crippen molar-refractivity contribution in [2.24, 2.45) is 0 Å². The number of hydrogen-bond acceptors (Lipinski definition) is 5. The van der Waals surface area contributed by atoms with E-state index >= 15 is 0 Å². The SMILES string of the molecule is O=C(O)[C@H]1Cc2c(ccc(O)c2OCc2ccccc2)CN1C(=O)[C@H](OC1CCCC1)c1ccccc1. The second-order valence-corrected chi connectivity index (χ2v) is 9.68. The van der Waals surface area contributed by atoms with Gasteiger partial charge in [-0.2, -0.15) is 0 Å². The van der Waals surface area contributed by atoms with Crippen LogP contribution < -0.4 is 4.74 Å². The summed E-state index contributed by atoms with van der Waals surface area (Å²) in [7, 11) is 0. The first-order valence-corrected chi connectivity index (χ1v) is 12.8. The van der Waals surface area contributed by atoms with E-state index in [0.717, 1.165) is 36.8 Å². The van der Waals surface area contributed by atoms with Crippen LogP contribution in [0.2, 0.25) is 0 Å². The third kappa shape index (κ3) is 5.47. The number of aliphatic carboxylic acids is 1. The van der Waals surface area contributed by atoms with Crippen molar-refractivity contribution in [3.8, 4) is 11.5 Å². The summed E-state index contributed by atoms with van der Waals surface area (Å²) in [4.78, 5) is 27.7. The van der Waals surface area contributed by atoms with Crippen LogP contribution in [-0.4, -0.2) is 39.1 Å². The van der Waals surface area contributed by atoms with E-state index in [1.165, 1.54) is 11.0 Å². The Morgan fingerprint density at radius 2 is 1.62 bits per heavy atom. The van der Waals surface area contributed by atoms with Gasteiger partial charge in [0.05, 0.1) is 6.10 Å². The molecule has 3 aromatic rings. The number of phenolic OH excluding ortho intramolecular Hbond substituents is 1. The highest BCUT2D eigenvalue weighted by atomic mass is 16.5. The number of carboxylic acids is 1. The lowest BCUT2D eigenvalue weighted by molar-refractivity contribution is -0.160. The van der Waals surface area contributed by atoms with E-state index in [1.54, 1.807) is 6.07 Å². The van der Waals surface area contributed by atoms with Crippen LogP contribution >= 0.6 is 0 Å². The molecule has 0 unspecified atom stereocenters. The molecule has 1 aliphatic heterocycles. The first kappa shape index (κ1) is 24.8. The van der Waals surface area contributed by atoms with Crippen LogP contribution in [0.25, 0.3) is 0 Å². The summed E-state index contributed by atoms with van der Waals surface area (Å²) in [5.41, 5.74) is 3.00. The summed E-state index contributed by atoms with van der Waals surface area (Å²) in [5.74, 6) is -1.26. The molecule has 1 saturated carbocycles. The Kier molecular flexibility index (Phi) is 7.42. The minimum atomic E-state index is -1.11. The van der Waals surface area contributed by atoms with Gasteiger partial charge >= 0.3 is 5.97 Å². The van der Waals surface area contributed by atoms with Crippen molar-refractivity contribution in [3.05, 3.63) is 95.1 Å². The van der Waals surface area contributed by atoms with E-state index in [1.807, 2.05) is 60.7 Å². The number of benzene rings is 3. The number of aromatic hydroxyl groups is 1. The molecule has 7 nitrogen and oxygen atoms in total. The lowest BCUT2D eigenvalue weighted by atomic mass is 9.91. The summed E-state index contributed by atoms with van der Waals surface area (Å²) < 4.78 is 12.3. The topological polar surface area (TPSA) is 96.3 Å². The van der Waals surface area contributed by atoms with Gasteiger partial charge in [0.2, 0.25) is 0 Å². The number of hydrogen-bond donors (Lipinski definition) is 2. The fourth-order valence-corrected chi connectivity index (χ4v) is 5.24. The van der Waals surface area contributed by atoms with Gasteiger partial charge in [-0.3, -0.25) is 4.79 Å². The Bertz CT molecular complexity index is 1240. The maximum atomic E-state index is 13.9. The molecule has 2 aliphatic rings. The molecule has 192 valence electrons. The number of carbonyl (C=O) groups is 2. The van der Waals surface area contributed by atoms with Gasteiger partial charge in [0.25, 0.3) is 5.91 Å². The second-order valence-electron chi connectivity index (χ2n) is 9.68. The second kappa shape index (κ2) is 11.0. The lowest BCUT2D eigenvalue weighted by Gasteiger charge is -2.37. The highest BCUT2D eigenvalue weighted by Crippen LogP contribution is 2.39. The van der Waals surface area contributed by atoms with Gasteiger partial charge in [-0.1, -0.05) is 79.6 Å². The molecule has 0 radical (unpaired) electrons. The molecule has 7 heteroatoms. The smallest absolute Gasteiger partial charge is 0.326 e. The highest BCUT2D eigenvalue weighted by Gasteiger charge is 2.40. The maximum absolute atomic E-state index is 13.9. The molecule has 0 spiro atoms. The van der Waals surface area contributed by atoms with Crippen molar-refractivity contribution in [1.82, 2.24) is 4.90 Å². The minimum absolute atomic E-state index is 0.0237. The van der Waals surface area contributed by atoms with Gasteiger partial charge in [-0.25, -0.2) is 4.79 Å². The normalized spacial score (nSPS) is 18.3. The maximum Gasteiger partial charge on any atom is 0.326 e. The summed E-state index contributed by atoms with van der Waals surface area (Å²) in [6.45, 7) is 0.320. The van der Waals surface area contributed by atoms with Gasteiger partial charge in [-0.15, -0.1) is 0 Å². The molecule has 2 atom stereocenters. The molecule has 1 aliphatic carbocycles. The fourth-order valence-electron chi connectivity index (χ4n) is 5.24. The molecule has 5 rings (SSSR count). The lowest BCUT2D eigenvalue weighted by Crippen LogP contribution is -2.50. The minimum Gasteiger partial charge on any atom is -0.504 e. The van der Waals surface area contributed by atoms with Gasteiger partial charge in [0.15, 0.2) is 17.6 Å². The molecular formula is C30H31NO6. The molecular weight excluding hydrogens is 470 g/mol. The molecule has 0 saturated heterocycles. The van der Waals surface area contributed by atoms with Gasteiger partial charge in [0.1, 0.15) is 12.6 Å². The van der Waals surface area contributed by atoms with E-state index in [9.17, 15) is 19.8 Å². The van der Waals surface area contributed by atoms with E-state index in [2.05, 4.69) is 0 Å². The predicted molar refractivity (Wildman–Crippen MR) is 137 cm³/mol. The summed E-state index contributed by atoms with van der Waals surface area (Å²) in [6, 6.07) is 21.0. The fraction of sp³-hybridized carbons (Fsp3) is 0.333. The van der Waals surface area contributed by atoms with E-state index in [-0.39, 0.29) is 43.1 Å². The molecule has 0 bridgehead atoms. The van der Waals surface area contributed by atoms with Gasteiger partial charge in [0, 0.05) is 18.5 Å². The number of phenols is 1. The summed E-state index contributed by atoms with van der Waals surface area (Å²) >= 11 is 0. The standard InChI is InChI=1S/C30H31NO6/c32-26-16-15-22-18-31(29(33)27(21-11-5-2-6-12-21)37-23-13-7-8-14-23)25(30(34)35)17-24(22)28(26)36-19-20-9-3-1-4-10-20/h1-6,9-12,15-16,23,25,27,32H,7-8,13-14,17-19H2,(H,34,35)/t25-,27-/m1/s1. The summed E-state index contributed by atoms with van der Waals surface area (Å²) in [6.07, 6.45) is 3.03. The van der Waals surface area contributed by atoms with Crippen LogP contribution in [0.1, 0.15) is 54.0 Å². The number of fused-ring (bicyclic) bond motifs is 1. The average molecular weight is 502 g/mol. The molecule has 2 N–H and O–H groups in total.